The van der Waals surface area contributed by atoms with Crippen molar-refractivity contribution in [3.8, 4) is 39.3 Å². The maximum atomic E-state index is 10.0. The second-order valence-corrected chi connectivity index (χ2v) is 10.2. The van der Waals surface area contributed by atoms with Crippen molar-refractivity contribution in [1.29, 1.82) is 5.26 Å². The van der Waals surface area contributed by atoms with Crippen molar-refractivity contribution < 1.29 is 14.6 Å². The third-order valence-corrected chi connectivity index (χ3v) is 7.90. The van der Waals surface area contributed by atoms with E-state index in [4.69, 9.17) is 19.6 Å². The SMILES string of the molecule is COc1cccc(-c2c(-c3ccnc(Nc4cccc(OCCCNCCO)c4)n3)sc(SC)c2C#N)c1. The topological polar surface area (TPSA) is 112 Å². The Kier molecular flexibility index (Phi) is 9.95. The number of aliphatic hydroxyl groups excluding tert-OH is 1. The van der Waals surface area contributed by atoms with Crippen molar-refractivity contribution >= 4 is 34.7 Å². The zero-order valence-corrected chi connectivity index (χ0v) is 22.9. The number of nitrogens with one attached hydrogen (secondary N) is 2. The molecule has 0 radical (unpaired) electrons. The van der Waals surface area contributed by atoms with Gasteiger partial charge in [0, 0.05) is 30.1 Å². The number of benzene rings is 2. The van der Waals surface area contributed by atoms with E-state index >= 15 is 0 Å². The van der Waals surface area contributed by atoms with E-state index in [0.717, 1.165) is 56.1 Å². The number of nitrogens with zero attached hydrogens (tertiary/aromatic N) is 3. The molecule has 8 nitrogen and oxygen atoms in total. The monoisotopic (exact) mass is 547 g/mol. The smallest absolute Gasteiger partial charge is 0.227 e. The van der Waals surface area contributed by atoms with Crippen LogP contribution in [-0.2, 0) is 0 Å². The predicted octanol–water partition coefficient (Wildman–Crippen LogP) is 5.57. The van der Waals surface area contributed by atoms with Gasteiger partial charge in [-0.05, 0) is 55.1 Å². The van der Waals surface area contributed by atoms with Gasteiger partial charge in [-0.15, -0.1) is 23.1 Å². The van der Waals surface area contributed by atoms with E-state index in [1.54, 1.807) is 36.4 Å². The van der Waals surface area contributed by atoms with Crippen molar-refractivity contribution in [1.82, 2.24) is 15.3 Å². The van der Waals surface area contributed by atoms with Crippen LogP contribution in [0.5, 0.6) is 11.5 Å². The molecule has 4 aromatic rings. The molecule has 0 fully saturated rings. The minimum absolute atomic E-state index is 0.130. The van der Waals surface area contributed by atoms with Gasteiger partial charge < -0.3 is 25.2 Å². The van der Waals surface area contributed by atoms with Crippen LogP contribution in [-0.4, -0.2) is 54.7 Å². The minimum Gasteiger partial charge on any atom is -0.497 e. The lowest BCUT2D eigenvalue weighted by Crippen LogP contribution is -2.20. The first kappa shape index (κ1) is 27.4. The molecule has 0 saturated carbocycles. The molecule has 0 aliphatic rings. The van der Waals surface area contributed by atoms with Gasteiger partial charge in [-0.25, -0.2) is 9.97 Å². The van der Waals surface area contributed by atoms with E-state index in [1.165, 1.54) is 0 Å². The fourth-order valence-electron chi connectivity index (χ4n) is 3.82. The van der Waals surface area contributed by atoms with Gasteiger partial charge in [0.25, 0.3) is 0 Å². The number of methoxy groups -OCH3 is 1. The summed E-state index contributed by atoms with van der Waals surface area (Å²) in [5.74, 6) is 1.92. The number of rotatable bonds is 13. The number of aliphatic hydroxyl groups is 1. The zero-order valence-electron chi connectivity index (χ0n) is 21.2. The van der Waals surface area contributed by atoms with Crippen LogP contribution in [0.15, 0.2) is 65.0 Å². The van der Waals surface area contributed by atoms with E-state index < -0.39 is 0 Å². The third kappa shape index (κ3) is 6.82. The van der Waals surface area contributed by atoms with Gasteiger partial charge in [-0.3, -0.25) is 0 Å². The van der Waals surface area contributed by atoms with Crippen LogP contribution >= 0.6 is 23.1 Å². The van der Waals surface area contributed by atoms with E-state index in [1.807, 2.05) is 60.9 Å². The standard InChI is InChI=1S/C28H29N5O3S2/c1-35-21-8-3-6-19(16-21)25-23(18-29)27(37-2)38-26(25)24-10-12-31-28(33-24)32-20-7-4-9-22(17-20)36-15-5-11-30-13-14-34/h3-4,6-10,12,16-17,30,34H,5,11,13-15H2,1-2H3,(H,31,32,33). The first-order valence-electron chi connectivity index (χ1n) is 12.1. The average Bonchev–Trinajstić information content (AvgIpc) is 3.34. The lowest BCUT2D eigenvalue weighted by Gasteiger charge is -2.10. The molecular weight excluding hydrogens is 518 g/mol. The minimum atomic E-state index is 0.130. The molecule has 0 amide bonds. The molecule has 0 saturated heterocycles. The number of hydrogen-bond acceptors (Lipinski definition) is 10. The van der Waals surface area contributed by atoms with Gasteiger partial charge in [-0.1, -0.05) is 18.2 Å². The van der Waals surface area contributed by atoms with E-state index in [-0.39, 0.29) is 6.61 Å². The van der Waals surface area contributed by atoms with Crippen LogP contribution in [0.4, 0.5) is 11.6 Å². The second kappa shape index (κ2) is 13.8. The molecule has 4 rings (SSSR count). The van der Waals surface area contributed by atoms with Gasteiger partial charge in [0.15, 0.2) is 0 Å². The highest BCUT2D eigenvalue weighted by Gasteiger charge is 2.22. The number of thioether (sulfide) groups is 1. The number of nitriles is 1. The molecule has 0 atom stereocenters. The first-order chi connectivity index (χ1) is 18.7. The summed E-state index contributed by atoms with van der Waals surface area (Å²) in [6.45, 7) is 2.07. The Morgan fingerprint density at radius 3 is 2.74 bits per heavy atom. The second-order valence-electron chi connectivity index (χ2n) is 8.11. The number of thiophene rings is 1. The van der Waals surface area contributed by atoms with E-state index in [9.17, 15) is 5.26 Å². The van der Waals surface area contributed by atoms with Crippen LogP contribution in [0, 0.1) is 11.3 Å². The summed E-state index contributed by atoms with van der Waals surface area (Å²) >= 11 is 3.10. The maximum Gasteiger partial charge on any atom is 0.227 e. The van der Waals surface area contributed by atoms with E-state index in [2.05, 4.69) is 21.7 Å². The summed E-state index contributed by atoms with van der Waals surface area (Å²) in [6.07, 6.45) is 4.52. The summed E-state index contributed by atoms with van der Waals surface area (Å²) in [7, 11) is 1.63. The Hall–Kier alpha value is -3.62. The lowest BCUT2D eigenvalue weighted by atomic mass is 10.0. The molecule has 10 heteroatoms. The highest BCUT2D eigenvalue weighted by Crippen LogP contribution is 2.46. The number of anilines is 2. The van der Waals surface area contributed by atoms with Crippen molar-refractivity contribution in [2.24, 2.45) is 0 Å². The van der Waals surface area contributed by atoms with Crippen LogP contribution < -0.4 is 20.1 Å². The Bertz CT molecular complexity index is 1400. The van der Waals surface area contributed by atoms with Crippen molar-refractivity contribution in [2.75, 3.05) is 45.0 Å². The highest BCUT2D eigenvalue weighted by atomic mass is 32.2. The Morgan fingerprint density at radius 1 is 1.11 bits per heavy atom. The van der Waals surface area contributed by atoms with Crippen LogP contribution in [0.1, 0.15) is 12.0 Å². The summed E-state index contributed by atoms with van der Waals surface area (Å²) in [4.78, 5) is 10.1. The first-order valence-corrected chi connectivity index (χ1v) is 14.1. The van der Waals surface area contributed by atoms with Crippen molar-refractivity contribution in [3.63, 3.8) is 0 Å². The van der Waals surface area contributed by atoms with Gasteiger partial charge in [0.05, 0.1) is 40.7 Å². The maximum absolute atomic E-state index is 10.0. The normalized spacial score (nSPS) is 10.7. The fourth-order valence-corrected chi connectivity index (χ4v) is 5.73. The Labute approximate surface area is 230 Å². The molecule has 2 aromatic heterocycles. The summed E-state index contributed by atoms with van der Waals surface area (Å²) < 4.78 is 12.2. The van der Waals surface area contributed by atoms with Gasteiger partial charge in [0.2, 0.25) is 5.95 Å². The Balaban J connectivity index is 1.58. The van der Waals surface area contributed by atoms with Gasteiger partial charge in [-0.2, -0.15) is 5.26 Å². The van der Waals surface area contributed by atoms with Gasteiger partial charge in [0.1, 0.15) is 17.6 Å². The summed E-state index contributed by atoms with van der Waals surface area (Å²) in [5, 5.41) is 25.2. The molecule has 0 unspecified atom stereocenters. The fraction of sp³-hybridized carbons (Fsp3) is 0.250. The highest BCUT2D eigenvalue weighted by molar-refractivity contribution is 8.00. The van der Waals surface area contributed by atoms with Crippen molar-refractivity contribution in [2.45, 2.75) is 10.6 Å². The number of aromatic nitrogens is 2. The molecule has 0 spiro atoms. The summed E-state index contributed by atoms with van der Waals surface area (Å²) in [6, 6.07) is 19.6. The quantitative estimate of drug-likeness (QED) is 0.146. The zero-order chi connectivity index (χ0) is 26.7. The third-order valence-electron chi connectivity index (χ3n) is 5.57. The molecule has 0 bridgehead atoms. The van der Waals surface area contributed by atoms with Crippen LogP contribution in [0.2, 0.25) is 0 Å². The lowest BCUT2D eigenvalue weighted by molar-refractivity contribution is 0.282. The van der Waals surface area contributed by atoms with Crippen LogP contribution in [0.25, 0.3) is 21.7 Å². The molecular formula is C28H29N5O3S2. The molecule has 2 aromatic carbocycles. The Morgan fingerprint density at radius 2 is 1.95 bits per heavy atom. The number of ether oxygens (including phenoxy) is 2. The van der Waals surface area contributed by atoms with Crippen LogP contribution in [0.3, 0.4) is 0 Å². The van der Waals surface area contributed by atoms with Gasteiger partial charge >= 0.3 is 0 Å². The largest absolute Gasteiger partial charge is 0.497 e. The summed E-state index contributed by atoms with van der Waals surface area (Å²) in [5.41, 5.74) is 3.91. The molecule has 3 N–H and O–H groups in total. The molecule has 196 valence electrons. The molecule has 0 aliphatic carbocycles. The van der Waals surface area contributed by atoms with E-state index in [0.29, 0.717) is 24.7 Å². The number of hydrogen-bond donors (Lipinski definition) is 3. The average molecular weight is 548 g/mol. The molecule has 0 aliphatic heterocycles. The molecule has 2 heterocycles. The predicted molar refractivity (Wildman–Crippen MR) is 154 cm³/mol. The van der Waals surface area contributed by atoms with Crippen molar-refractivity contribution in [3.05, 3.63) is 66.4 Å². The molecule has 38 heavy (non-hydrogen) atoms.